The molecule has 1 saturated heterocycles. The van der Waals surface area contributed by atoms with Gasteiger partial charge in [-0.2, -0.15) is 0 Å². The molecule has 2 nitrogen and oxygen atoms in total. The van der Waals surface area contributed by atoms with Gasteiger partial charge in [-0.15, -0.1) is 0 Å². The molecular weight excluding hydrogens is 222 g/mol. The maximum absolute atomic E-state index is 12.6. The summed E-state index contributed by atoms with van der Waals surface area (Å²) in [7, 11) is 0. The summed E-state index contributed by atoms with van der Waals surface area (Å²) in [6.07, 6.45) is 14.5. The molecule has 2 heteroatoms. The molecule has 3 rings (SSSR count). The van der Waals surface area contributed by atoms with E-state index in [1.54, 1.807) is 0 Å². The predicted octanol–water partition coefficient (Wildman–Crippen LogP) is 3.38. The first-order valence-electron chi connectivity index (χ1n) is 7.78. The molecule has 1 heterocycles. The average molecular weight is 247 g/mol. The standard InChI is InChI=1S/C16H25NO/c18-16(13-7-3-1-2-4-8-13)17-11-14-9-5-6-10-15(14)12-17/h5-6,13-15H,1-4,7-12H2. The van der Waals surface area contributed by atoms with Gasteiger partial charge in [0, 0.05) is 19.0 Å². The van der Waals surface area contributed by atoms with E-state index in [4.69, 9.17) is 0 Å². The number of likely N-dealkylation sites (tertiary alicyclic amines) is 1. The van der Waals surface area contributed by atoms with Gasteiger partial charge >= 0.3 is 0 Å². The molecule has 2 fully saturated rings. The van der Waals surface area contributed by atoms with E-state index in [1.807, 2.05) is 0 Å². The zero-order chi connectivity index (χ0) is 12.4. The number of rotatable bonds is 1. The summed E-state index contributed by atoms with van der Waals surface area (Å²) in [5.74, 6) is 2.33. The molecule has 0 aromatic carbocycles. The van der Waals surface area contributed by atoms with Gasteiger partial charge in [-0.05, 0) is 37.5 Å². The third-order valence-corrected chi connectivity index (χ3v) is 5.14. The summed E-state index contributed by atoms with van der Waals surface area (Å²) in [5, 5.41) is 0. The fourth-order valence-electron chi connectivity index (χ4n) is 3.98. The Morgan fingerprint density at radius 2 is 1.44 bits per heavy atom. The number of carbonyl (C=O) groups excluding carboxylic acids is 1. The van der Waals surface area contributed by atoms with Crippen LogP contribution < -0.4 is 0 Å². The fourth-order valence-corrected chi connectivity index (χ4v) is 3.98. The molecule has 2 aliphatic carbocycles. The van der Waals surface area contributed by atoms with E-state index in [0.717, 1.165) is 37.8 Å². The van der Waals surface area contributed by atoms with Crippen molar-refractivity contribution < 1.29 is 4.79 Å². The summed E-state index contributed by atoms with van der Waals surface area (Å²) in [4.78, 5) is 14.8. The Morgan fingerprint density at radius 3 is 2.00 bits per heavy atom. The van der Waals surface area contributed by atoms with Gasteiger partial charge in [-0.25, -0.2) is 0 Å². The number of hydrogen-bond donors (Lipinski definition) is 0. The Hall–Kier alpha value is -0.790. The predicted molar refractivity (Wildman–Crippen MR) is 73.1 cm³/mol. The molecule has 100 valence electrons. The number of hydrogen-bond acceptors (Lipinski definition) is 1. The number of amides is 1. The van der Waals surface area contributed by atoms with E-state index in [9.17, 15) is 4.79 Å². The van der Waals surface area contributed by atoms with E-state index in [2.05, 4.69) is 17.1 Å². The maximum atomic E-state index is 12.6. The number of allylic oxidation sites excluding steroid dienone is 2. The second-order valence-electron chi connectivity index (χ2n) is 6.39. The Bertz CT molecular complexity index is 312. The molecule has 1 amide bonds. The Balaban J connectivity index is 1.59. The molecule has 2 unspecified atom stereocenters. The minimum atomic E-state index is 0.348. The first-order chi connectivity index (χ1) is 8.84. The van der Waals surface area contributed by atoms with Crippen molar-refractivity contribution >= 4 is 5.91 Å². The molecule has 3 aliphatic rings. The van der Waals surface area contributed by atoms with E-state index >= 15 is 0 Å². The van der Waals surface area contributed by atoms with E-state index in [0.29, 0.717) is 11.8 Å². The lowest BCUT2D eigenvalue weighted by Gasteiger charge is -2.22. The van der Waals surface area contributed by atoms with Crippen LogP contribution in [0.15, 0.2) is 12.2 Å². The number of fused-ring (bicyclic) bond motifs is 1. The lowest BCUT2D eigenvalue weighted by Crippen LogP contribution is -2.34. The van der Waals surface area contributed by atoms with Crippen molar-refractivity contribution in [3.05, 3.63) is 12.2 Å². The zero-order valence-electron chi connectivity index (χ0n) is 11.3. The highest BCUT2D eigenvalue weighted by atomic mass is 16.2. The van der Waals surface area contributed by atoms with Crippen LogP contribution in [-0.2, 0) is 4.79 Å². The lowest BCUT2D eigenvalue weighted by molar-refractivity contribution is -0.135. The van der Waals surface area contributed by atoms with Crippen LogP contribution in [0.5, 0.6) is 0 Å². The van der Waals surface area contributed by atoms with Crippen molar-refractivity contribution in [3.8, 4) is 0 Å². The summed E-state index contributed by atoms with van der Waals surface area (Å²) in [5.41, 5.74) is 0. The van der Waals surface area contributed by atoms with Crippen molar-refractivity contribution in [2.75, 3.05) is 13.1 Å². The van der Waals surface area contributed by atoms with Crippen LogP contribution in [0.25, 0.3) is 0 Å². The van der Waals surface area contributed by atoms with Crippen molar-refractivity contribution in [1.29, 1.82) is 0 Å². The van der Waals surface area contributed by atoms with Crippen LogP contribution in [-0.4, -0.2) is 23.9 Å². The van der Waals surface area contributed by atoms with Gasteiger partial charge in [0.2, 0.25) is 5.91 Å². The van der Waals surface area contributed by atoms with E-state index in [-0.39, 0.29) is 0 Å². The maximum Gasteiger partial charge on any atom is 0.225 e. The number of nitrogens with zero attached hydrogens (tertiary/aromatic N) is 1. The van der Waals surface area contributed by atoms with Crippen LogP contribution in [0.3, 0.4) is 0 Å². The van der Waals surface area contributed by atoms with Gasteiger partial charge in [0.15, 0.2) is 0 Å². The Kier molecular flexibility index (Phi) is 3.72. The van der Waals surface area contributed by atoms with E-state index in [1.165, 1.54) is 38.5 Å². The molecule has 0 radical (unpaired) electrons. The van der Waals surface area contributed by atoms with Crippen LogP contribution in [0.1, 0.15) is 51.4 Å². The second kappa shape index (κ2) is 5.46. The molecule has 1 saturated carbocycles. The normalized spacial score (nSPS) is 33.2. The van der Waals surface area contributed by atoms with Gasteiger partial charge in [0.05, 0.1) is 0 Å². The molecule has 0 N–H and O–H groups in total. The smallest absolute Gasteiger partial charge is 0.225 e. The van der Waals surface area contributed by atoms with Gasteiger partial charge in [-0.3, -0.25) is 4.79 Å². The van der Waals surface area contributed by atoms with Crippen LogP contribution in [0.2, 0.25) is 0 Å². The topological polar surface area (TPSA) is 20.3 Å². The van der Waals surface area contributed by atoms with Crippen LogP contribution in [0.4, 0.5) is 0 Å². The van der Waals surface area contributed by atoms with Gasteiger partial charge in [0.25, 0.3) is 0 Å². The third-order valence-electron chi connectivity index (χ3n) is 5.14. The Labute approximate surface area is 110 Å². The highest BCUT2D eigenvalue weighted by molar-refractivity contribution is 5.79. The number of carbonyl (C=O) groups is 1. The monoisotopic (exact) mass is 247 g/mol. The second-order valence-corrected chi connectivity index (χ2v) is 6.39. The SMILES string of the molecule is O=C(C1CCCCCC1)N1CC2CC=CCC2C1. The van der Waals surface area contributed by atoms with Crippen molar-refractivity contribution in [2.24, 2.45) is 17.8 Å². The molecule has 1 aliphatic heterocycles. The minimum Gasteiger partial charge on any atom is -0.342 e. The highest BCUT2D eigenvalue weighted by Crippen LogP contribution is 2.34. The summed E-state index contributed by atoms with van der Waals surface area (Å²) < 4.78 is 0. The van der Waals surface area contributed by atoms with Gasteiger partial charge < -0.3 is 4.90 Å². The van der Waals surface area contributed by atoms with E-state index < -0.39 is 0 Å². The molecule has 0 spiro atoms. The minimum absolute atomic E-state index is 0.348. The fraction of sp³-hybridized carbons (Fsp3) is 0.812. The first-order valence-corrected chi connectivity index (χ1v) is 7.78. The molecule has 18 heavy (non-hydrogen) atoms. The summed E-state index contributed by atoms with van der Waals surface area (Å²) in [6.45, 7) is 2.06. The average Bonchev–Trinajstić information content (AvgIpc) is 2.64. The largest absolute Gasteiger partial charge is 0.342 e. The van der Waals surface area contributed by atoms with Gasteiger partial charge in [-0.1, -0.05) is 37.8 Å². The summed E-state index contributed by atoms with van der Waals surface area (Å²) >= 11 is 0. The lowest BCUT2D eigenvalue weighted by atomic mass is 9.86. The van der Waals surface area contributed by atoms with Crippen LogP contribution in [0, 0.1) is 17.8 Å². The molecular formula is C16H25NO. The van der Waals surface area contributed by atoms with Crippen LogP contribution >= 0.6 is 0 Å². The zero-order valence-corrected chi connectivity index (χ0v) is 11.3. The van der Waals surface area contributed by atoms with Crippen molar-refractivity contribution in [2.45, 2.75) is 51.4 Å². The quantitative estimate of drug-likeness (QED) is 0.514. The molecule has 0 aromatic heterocycles. The first kappa shape index (κ1) is 12.3. The molecule has 2 atom stereocenters. The third kappa shape index (κ3) is 2.48. The van der Waals surface area contributed by atoms with Gasteiger partial charge in [0.1, 0.15) is 0 Å². The highest BCUT2D eigenvalue weighted by Gasteiger charge is 2.37. The molecule has 0 bridgehead atoms. The molecule has 0 aromatic rings. The van der Waals surface area contributed by atoms with Crippen molar-refractivity contribution in [3.63, 3.8) is 0 Å². The summed E-state index contributed by atoms with van der Waals surface area (Å²) in [6, 6.07) is 0. The van der Waals surface area contributed by atoms with Crippen molar-refractivity contribution in [1.82, 2.24) is 4.90 Å². The Morgan fingerprint density at radius 1 is 0.889 bits per heavy atom.